The average Bonchev–Trinajstić information content (AvgIpc) is 2.72. The van der Waals surface area contributed by atoms with Crippen LogP contribution in [0.2, 0.25) is 0 Å². The molecular formula is C25H20FN3O. The van der Waals surface area contributed by atoms with Crippen molar-refractivity contribution in [3.05, 3.63) is 89.0 Å². The number of ketones is 1. The average molecular weight is 397 g/mol. The third-order valence-corrected chi connectivity index (χ3v) is 5.87. The molecule has 5 heteroatoms. The number of nitrogen functional groups attached to an aromatic ring is 1. The fourth-order valence-electron chi connectivity index (χ4n) is 4.60. The van der Waals surface area contributed by atoms with Gasteiger partial charge in [-0.05, 0) is 58.9 Å². The Morgan fingerprint density at radius 2 is 1.77 bits per heavy atom. The molecule has 1 atom stereocenters. The lowest BCUT2D eigenvalue weighted by atomic mass is 9.78. The van der Waals surface area contributed by atoms with Crippen LogP contribution in [0.3, 0.4) is 0 Å². The van der Waals surface area contributed by atoms with Crippen LogP contribution >= 0.6 is 0 Å². The lowest BCUT2D eigenvalue weighted by Gasteiger charge is -2.26. The fourth-order valence-corrected chi connectivity index (χ4v) is 4.60. The van der Waals surface area contributed by atoms with Crippen LogP contribution in [0.25, 0.3) is 21.9 Å². The Balaban J connectivity index is 1.67. The number of nitrogens with two attached hydrogens (primary N) is 1. The van der Waals surface area contributed by atoms with Gasteiger partial charge in [0.2, 0.25) is 5.95 Å². The summed E-state index contributed by atoms with van der Waals surface area (Å²) in [5.74, 6) is -0.222. The monoisotopic (exact) mass is 397 g/mol. The summed E-state index contributed by atoms with van der Waals surface area (Å²) in [6, 6.07) is 18.9. The lowest BCUT2D eigenvalue weighted by molar-refractivity contribution is 0.0962. The molecule has 4 aromatic rings. The molecule has 3 aromatic carbocycles. The minimum atomic E-state index is -0.299. The van der Waals surface area contributed by atoms with Gasteiger partial charge in [-0.3, -0.25) is 4.79 Å². The van der Waals surface area contributed by atoms with Crippen LogP contribution in [0.5, 0.6) is 0 Å². The Morgan fingerprint density at radius 1 is 0.967 bits per heavy atom. The smallest absolute Gasteiger partial charge is 0.220 e. The molecule has 0 amide bonds. The van der Waals surface area contributed by atoms with Gasteiger partial charge in [-0.25, -0.2) is 14.4 Å². The highest BCUT2D eigenvalue weighted by molar-refractivity contribution is 6.01. The molecule has 1 aromatic heterocycles. The molecule has 0 spiro atoms. The number of halogens is 1. The third-order valence-electron chi connectivity index (χ3n) is 5.87. The summed E-state index contributed by atoms with van der Waals surface area (Å²) in [7, 11) is 0. The number of carbonyl (C=O) groups excluding carboxylic acids is 1. The molecule has 148 valence electrons. The van der Waals surface area contributed by atoms with Gasteiger partial charge in [0.15, 0.2) is 5.78 Å². The van der Waals surface area contributed by atoms with E-state index in [-0.39, 0.29) is 23.5 Å². The van der Waals surface area contributed by atoms with E-state index in [1.165, 1.54) is 6.07 Å². The Bertz CT molecular complexity index is 1310. The Kier molecular flexibility index (Phi) is 4.31. The van der Waals surface area contributed by atoms with Crippen molar-refractivity contribution < 1.29 is 9.18 Å². The number of hydrogen-bond acceptors (Lipinski definition) is 4. The molecule has 0 radical (unpaired) electrons. The molecule has 0 saturated heterocycles. The van der Waals surface area contributed by atoms with E-state index in [2.05, 4.69) is 9.97 Å². The molecule has 30 heavy (non-hydrogen) atoms. The van der Waals surface area contributed by atoms with E-state index in [0.717, 1.165) is 27.5 Å². The summed E-state index contributed by atoms with van der Waals surface area (Å²) in [5.41, 5.74) is 10.4. The van der Waals surface area contributed by atoms with Crippen LogP contribution in [0.15, 0.2) is 60.7 Å². The zero-order valence-corrected chi connectivity index (χ0v) is 16.5. The van der Waals surface area contributed by atoms with Crippen LogP contribution in [0.1, 0.15) is 39.6 Å². The second-order valence-corrected chi connectivity index (χ2v) is 7.78. The number of aromatic nitrogens is 2. The largest absolute Gasteiger partial charge is 0.368 e. The summed E-state index contributed by atoms with van der Waals surface area (Å²) in [6.07, 6.45) is 0.905. The Hall–Kier alpha value is -3.60. The van der Waals surface area contributed by atoms with Crippen LogP contribution in [-0.2, 0) is 6.42 Å². The highest BCUT2D eigenvalue weighted by atomic mass is 19.1. The third kappa shape index (κ3) is 3.03. The predicted molar refractivity (Wildman–Crippen MR) is 116 cm³/mol. The SMILES string of the molecule is Cc1nc(N)nc2c1C(=O)CC(c1ccc(F)cc1-c1cccc3ccccc13)C2. The first-order chi connectivity index (χ1) is 14.5. The summed E-state index contributed by atoms with van der Waals surface area (Å²) in [5, 5.41) is 2.14. The number of hydrogen-bond donors (Lipinski definition) is 1. The van der Waals surface area contributed by atoms with Crippen LogP contribution < -0.4 is 5.73 Å². The van der Waals surface area contributed by atoms with Crippen LogP contribution in [0.4, 0.5) is 10.3 Å². The zero-order valence-electron chi connectivity index (χ0n) is 16.5. The normalized spacial score (nSPS) is 15.9. The fraction of sp³-hybridized carbons (Fsp3) is 0.160. The van der Waals surface area contributed by atoms with Gasteiger partial charge in [0.1, 0.15) is 5.82 Å². The van der Waals surface area contributed by atoms with Crippen molar-refractivity contribution in [2.45, 2.75) is 25.7 Å². The lowest BCUT2D eigenvalue weighted by Crippen LogP contribution is -2.23. The van der Waals surface area contributed by atoms with Crippen molar-refractivity contribution in [1.29, 1.82) is 0 Å². The maximum atomic E-state index is 14.3. The summed E-state index contributed by atoms with van der Waals surface area (Å²) in [6.45, 7) is 1.79. The van der Waals surface area contributed by atoms with E-state index in [1.54, 1.807) is 19.1 Å². The van der Waals surface area contributed by atoms with Gasteiger partial charge < -0.3 is 5.73 Å². The number of Topliss-reactive ketones (excluding diaryl/α,β-unsaturated/α-hetero) is 1. The number of anilines is 1. The minimum Gasteiger partial charge on any atom is -0.368 e. The van der Waals surface area contributed by atoms with Gasteiger partial charge in [0.05, 0.1) is 17.0 Å². The molecule has 0 bridgehead atoms. The van der Waals surface area contributed by atoms with Crippen molar-refractivity contribution in [1.82, 2.24) is 9.97 Å². The number of aryl methyl sites for hydroxylation is 1. The minimum absolute atomic E-state index is 0.00643. The molecule has 0 fully saturated rings. The summed E-state index contributed by atoms with van der Waals surface area (Å²) >= 11 is 0. The van der Waals surface area contributed by atoms with E-state index < -0.39 is 0 Å². The first kappa shape index (κ1) is 18.4. The second-order valence-electron chi connectivity index (χ2n) is 7.78. The zero-order chi connectivity index (χ0) is 20.8. The van der Waals surface area contributed by atoms with Gasteiger partial charge in [-0.1, -0.05) is 48.5 Å². The van der Waals surface area contributed by atoms with Gasteiger partial charge >= 0.3 is 0 Å². The Morgan fingerprint density at radius 3 is 2.63 bits per heavy atom. The maximum absolute atomic E-state index is 14.3. The molecule has 4 nitrogen and oxygen atoms in total. The molecule has 0 aliphatic heterocycles. The summed E-state index contributed by atoms with van der Waals surface area (Å²) < 4.78 is 14.3. The Labute approximate surface area is 173 Å². The molecule has 2 N–H and O–H groups in total. The van der Waals surface area contributed by atoms with E-state index >= 15 is 0 Å². The van der Waals surface area contributed by atoms with Gasteiger partial charge in [-0.2, -0.15) is 0 Å². The number of benzene rings is 3. The quantitative estimate of drug-likeness (QED) is 0.502. The number of carbonyl (C=O) groups is 1. The van der Waals surface area contributed by atoms with Crippen molar-refractivity contribution in [3.63, 3.8) is 0 Å². The van der Waals surface area contributed by atoms with E-state index in [1.807, 2.05) is 42.5 Å². The topological polar surface area (TPSA) is 68.9 Å². The molecule has 0 saturated carbocycles. The molecule has 1 heterocycles. The summed E-state index contributed by atoms with van der Waals surface area (Å²) in [4.78, 5) is 21.4. The first-order valence-corrected chi connectivity index (χ1v) is 9.95. The van der Waals surface area contributed by atoms with Crippen LogP contribution in [0, 0.1) is 12.7 Å². The van der Waals surface area contributed by atoms with E-state index in [9.17, 15) is 9.18 Å². The number of fused-ring (bicyclic) bond motifs is 2. The van der Waals surface area contributed by atoms with Crippen molar-refractivity contribution in [2.75, 3.05) is 5.73 Å². The number of rotatable bonds is 2. The standard InChI is InChI=1S/C25H20FN3O/c1-14-24-22(29-25(27)28-14)11-16(12-23(24)30)19-10-9-17(26)13-21(19)20-8-4-6-15-5-2-3-7-18(15)20/h2-10,13,16H,11-12H2,1H3,(H2,27,28,29). The van der Waals surface area contributed by atoms with Gasteiger partial charge in [0, 0.05) is 6.42 Å². The molecule has 1 unspecified atom stereocenters. The molecular weight excluding hydrogens is 377 g/mol. The van der Waals surface area contributed by atoms with Gasteiger partial charge in [0.25, 0.3) is 0 Å². The van der Waals surface area contributed by atoms with E-state index in [4.69, 9.17) is 5.73 Å². The van der Waals surface area contributed by atoms with Gasteiger partial charge in [-0.15, -0.1) is 0 Å². The van der Waals surface area contributed by atoms with Crippen molar-refractivity contribution in [2.24, 2.45) is 0 Å². The molecule has 1 aliphatic rings. The highest BCUT2D eigenvalue weighted by Crippen LogP contribution is 2.40. The molecule has 5 rings (SSSR count). The molecule has 1 aliphatic carbocycles. The number of nitrogens with zero attached hydrogens (tertiary/aromatic N) is 2. The highest BCUT2D eigenvalue weighted by Gasteiger charge is 2.31. The van der Waals surface area contributed by atoms with Crippen LogP contribution in [-0.4, -0.2) is 15.8 Å². The second kappa shape index (κ2) is 7.02. The maximum Gasteiger partial charge on any atom is 0.220 e. The van der Waals surface area contributed by atoms with E-state index in [0.29, 0.717) is 29.8 Å². The first-order valence-electron chi connectivity index (χ1n) is 9.95. The van der Waals surface area contributed by atoms with Crippen molar-refractivity contribution >= 4 is 22.5 Å². The van der Waals surface area contributed by atoms with Crippen molar-refractivity contribution in [3.8, 4) is 11.1 Å². The predicted octanol–water partition coefficient (Wildman–Crippen LogP) is 5.24.